The van der Waals surface area contributed by atoms with Crippen LogP contribution < -0.4 is 0 Å². The van der Waals surface area contributed by atoms with Gasteiger partial charge in [-0.3, -0.25) is 0 Å². The van der Waals surface area contributed by atoms with Crippen LogP contribution >= 0.6 is 0 Å². The third-order valence-electron chi connectivity index (χ3n) is 5.24. The first-order valence-corrected chi connectivity index (χ1v) is 9.79. The molecule has 0 N–H and O–H groups in total. The van der Waals surface area contributed by atoms with Crippen LogP contribution in [0.4, 0.5) is 9.59 Å². The van der Waals surface area contributed by atoms with Gasteiger partial charge in [-0.05, 0) is 51.5 Å². The lowest BCUT2D eigenvalue weighted by atomic mass is 9.83. The van der Waals surface area contributed by atoms with Crippen LogP contribution in [0.5, 0.6) is 0 Å². The van der Waals surface area contributed by atoms with E-state index in [1.807, 2.05) is 56.0 Å². The van der Waals surface area contributed by atoms with E-state index in [0.29, 0.717) is 25.6 Å². The average Bonchev–Trinajstić information content (AvgIpc) is 2.58. The monoisotopic (exact) mass is 374 g/mol. The van der Waals surface area contributed by atoms with E-state index < -0.39 is 5.60 Å². The summed E-state index contributed by atoms with van der Waals surface area (Å²) in [7, 11) is 0. The van der Waals surface area contributed by atoms with Gasteiger partial charge >= 0.3 is 12.2 Å². The van der Waals surface area contributed by atoms with Gasteiger partial charge in [0.25, 0.3) is 0 Å². The van der Waals surface area contributed by atoms with E-state index in [1.54, 1.807) is 4.90 Å². The molecule has 0 radical (unpaired) electrons. The normalized spacial score (nSPS) is 20.8. The summed E-state index contributed by atoms with van der Waals surface area (Å²) in [6.45, 7) is 8.08. The number of hydrogen-bond donors (Lipinski definition) is 0. The Hall–Kier alpha value is -2.24. The zero-order valence-electron chi connectivity index (χ0n) is 16.5. The molecule has 6 heteroatoms. The van der Waals surface area contributed by atoms with E-state index in [-0.39, 0.29) is 18.2 Å². The number of piperidine rings is 1. The fourth-order valence-electron chi connectivity index (χ4n) is 3.72. The second-order valence-corrected chi connectivity index (χ2v) is 8.39. The molecule has 0 bridgehead atoms. The number of carbonyl (C=O) groups is 2. The third kappa shape index (κ3) is 5.15. The van der Waals surface area contributed by atoms with Gasteiger partial charge in [0.2, 0.25) is 0 Å². The summed E-state index contributed by atoms with van der Waals surface area (Å²) in [6, 6.07) is 9.94. The first-order valence-electron chi connectivity index (χ1n) is 9.79. The zero-order valence-corrected chi connectivity index (χ0v) is 16.5. The Morgan fingerprint density at radius 3 is 2.22 bits per heavy atom. The molecule has 2 heterocycles. The van der Waals surface area contributed by atoms with Gasteiger partial charge in [0.1, 0.15) is 12.2 Å². The Kier molecular flexibility index (Phi) is 5.92. The summed E-state index contributed by atoms with van der Waals surface area (Å²) >= 11 is 0. The van der Waals surface area contributed by atoms with Crippen molar-refractivity contribution in [2.24, 2.45) is 5.92 Å². The molecule has 0 unspecified atom stereocenters. The molecular formula is C21H30N2O4. The molecule has 2 saturated heterocycles. The van der Waals surface area contributed by atoms with Crippen molar-refractivity contribution < 1.29 is 19.1 Å². The fraction of sp³-hybridized carbons (Fsp3) is 0.619. The Morgan fingerprint density at radius 1 is 1.00 bits per heavy atom. The second-order valence-electron chi connectivity index (χ2n) is 8.39. The number of carbonyl (C=O) groups excluding carboxylic acids is 2. The highest BCUT2D eigenvalue weighted by atomic mass is 16.6. The highest BCUT2D eigenvalue weighted by Crippen LogP contribution is 2.33. The lowest BCUT2D eigenvalue weighted by molar-refractivity contribution is -0.0260. The molecule has 2 amide bonds. The van der Waals surface area contributed by atoms with Crippen LogP contribution in [0.3, 0.4) is 0 Å². The summed E-state index contributed by atoms with van der Waals surface area (Å²) in [5.41, 5.74) is 0.520. The Bertz CT molecular complexity index is 648. The summed E-state index contributed by atoms with van der Waals surface area (Å²) < 4.78 is 10.9. The van der Waals surface area contributed by atoms with Gasteiger partial charge in [0, 0.05) is 25.7 Å². The molecule has 0 saturated carbocycles. The maximum Gasteiger partial charge on any atom is 0.410 e. The van der Waals surface area contributed by atoms with Crippen molar-refractivity contribution in [3.05, 3.63) is 35.9 Å². The number of amides is 2. The largest absolute Gasteiger partial charge is 0.445 e. The predicted octanol–water partition coefficient (Wildman–Crippen LogP) is 4.04. The van der Waals surface area contributed by atoms with E-state index in [9.17, 15) is 9.59 Å². The molecule has 148 valence electrons. The van der Waals surface area contributed by atoms with Gasteiger partial charge in [-0.25, -0.2) is 9.59 Å². The number of benzene rings is 1. The maximum atomic E-state index is 12.3. The Labute approximate surface area is 161 Å². The highest BCUT2D eigenvalue weighted by Gasteiger charge is 2.41. The molecule has 2 aliphatic rings. The summed E-state index contributed by atoms with van der Waals surface area (Å²) in [5, 5.41) is 0. The minimum atomic E-state index is -0.469. The number of likely N-dealkylation sites (tertiary alicyclic amines) is 2. The number of ether oxygens (including phenoxy) is 2. The van der Waals surface area contributed by atoms with Gasteiger partial charge in [0.05, 0.1) is 0 Å². The quantitative estimate of drug-likeness (QED) is 0.801. The van der Waals surface area contributed by atoms with Crippen LogP contribution in [-0.4, -0.2) is 53.3 Å². The minimum absolute atomic E-state index is 0.219. The number of hydrogen-bond acceptors (Lipinski definition) is 4. The number of nitrogens with zero attached hydrogens (tertiary/aromatic N) is 2. The molecule has 1 atom stereocenters. The van der Waals surface area contributed by atoms with Gasteiger partial charge in [-0.2, -0.15) is 0 Å². The van der Waals surface area contributed by atoms with Crippen molar-refractivity contribution in [3.63, 3.8) is 0 Å². The minimum Gasteiger partial charge on any atom is -0.445 e. The van der Waals surface area contributed by atoms with Gasteiger partial charge in [0.15, 0.2) is 0 Å². The molecule has 0 spiro atoms. The molecule has 2 aliphatic heterocycles. The maximum absolute atomic E-state index is 12.3. The molecule has 1 aromatic rings. The van der Waals surface area contributed by atoms with E-state index in [2.05, 4.69) is 0 Å². The first-order chi connectivity index (χ1) is 12.8. The molecule has 0 aliphatic carbocycles. The Balaban J connectivity index is 1.43. The average molecular weight is 374 g/mol. The zero-order chi connectivity index (χ0) is 19.4. The van der Waals surface area contributed by atoms with E-state index in [0.717, 1.165) is 31.4 Å². The van der Waals surface area contributed by atoms with Crippen LogP contribution in [0.2, 0.25) is 0 Å². The molecule has 3 rings (SSSR count). The Morgan fingerprint density at radius 2 is 1.67 bits per heavy atom. The smallest absolute Gasteiger partial charge is 0.410 e. The van der Waals surface area contributed by atoms with Crippen LogP contribution in [-0.2, 0) is 16.1 Å². The van der Waals surface area contributed by atoms with Crippen LogP contribution in [0.25, 0.3) is 0 Å². The van der Waals surface area contributed by atoms with Crippen molar-refractivity contribution in [2.75, 3.05) is 19.6 Å². The van der Waals surface area contributed by atoms with Crippen molar-refractivity contribution >= 4 is 12.2 Å². The third-order valence-corrected chi connectivity index (χ3v) is 5.24. The summed E-state index contributed by atoms with van der Waals surface area (Å²) in [5.74, 6) is 0.421. The van der Waals surface area contributed by atoms with Gasteiger partial charge in [-0.15, -0.1) is 0 Å². The standard InChI is InChI=1S/C21H30N2O4/c1-21(2,3)27-20(25)23-14-11-18(23)17-9-12-22(13-10-17)19(24)26-15-16-7-5-4-6-8-16/h4-8,17-18H,9-15H2,1-3H3/t18-/m1/s1. The van der Waals surface area contributed by atoms with Crippen LogP contribution in [0.15, 0.2) is 30.3 Å². The fourth-order valence-corrected chi connectivity index (χ4v) is 3.72. The molecular weight excluding hydrogens is 344 g/mol. The van der Waals surface area contributed by atoms with Gasteiger partial charge in [-0.1, -0.05) is 30.3 Å². The number of rotatable bonds is 3. The van der Waals surface area contributed by atoms with E-state index in [4.69, 9.17) is 9.47 Å². The van der Waals surface area contributed by atoms with E-state index in [1.165, 1.54) is 0 Å². The van der Waals surface area contributed by atoms with Crippen LogP contribution in [0, 0.1) is 5.92 Å². The van der Waals surface area contributed by atoms with Crippen LogP contribution in [0.1, 0.15) is 45.6 Å². The van der Waals surface area contributed by atoms with Crippen molar-refractivity contribution in [3.8, 4) is 0 Å². The molecule has 0 aromatic heterocycles. The van der Waals surface area contributed by atoms with Gasteiger partial charge < -0.3 is 19.3 Å². The topological polar surface area (TPSA) is 59.1 Å². The highest BCUT2D eigenvalue weighted by molar-refractivity contribution is 5.70. The lowest BCUT2D eigenvalue weighted by Gasteiger charge is -2.47. The van der Waals surface area contributed by atoms with Crippen molar-refractivity contribution in [1.82, 2.24) is 9.80 Å². The molecule has 6 nitrogen and oxygen atoms in total. The van der Waals surface area contributed by atoms with Crippen molar-refractivity contribution in [2.45, 2.75) is 58.3 Å². The molecule has 27 heavy (non-hydrogen) atoms. The van der Waals surface area contributed by atoms with E-state index >= 15 is 0 Å². The predicted molar refractivity (Wildman–Crippen MR) is 102 cm³/mol. The molecule has 2 fully saturated rings. The summed E-state index contributed by atoms with van der Waals surface area (Å²) in [6.07, 6.45) is 2.33. The second kappa shape index (κ2) is 8.19. The first kappa shape index (κ1) is 19.5. The molecule has 1 aromatic carbocycles. The lowest BCUT2D eigenvalue weighted by Crippen LogP contribution is -2.57. The van der Waals surface area contributed by atoms with Crippen molar-refractivity contribution in [1.29, 1.82) is 0 Å². The SMILES string of the molecule is CC(C)(C)OC(=O)N1CC[C@@H]1C1CCN(C(=O)OCc2ccccc2)CC1. The summed E-state index contributed by atoms with van der Waals surface area (Å²) in [4.78, 5) is 28.2.